The lowest BCUT2D eigenvalue weighted by Crippen LogP contribution is -2.18. The van der Waals surface area contributed by atoms with Crippen LogP contribution in [0.1, 0.15) is 5.56 Å². The summed E-state index contributed by atoms with van der Waals surface area (Å²) in [7, 11) is 0. The van der Waals surface area contributed by atoms with Crippen LogP contribution in [0.2, 0.25) is 0 Å². The summed E-state index contributed by atoms with van der Waals surface area (Å²) in [6.45, 7) is -0.528. The molecule has 110 valence electrons. The summed E-state index contributed by atoms with van der Waals surface area (Å²) in [6.07, 6.45) is -1.87. The molecule has 5 nitrogen and oxygen atoms in total. The SMILES string of the molecule is N#CCn1cc(-c2ccc(CO)c(OC(F)(F)F)c2)cn1. The molecular weight excluding hydrogens is 287 g/mol. The van der Waals surface area contributed by atoms with E-state index in [1.165, 1.54) is 29.2 Å². The predicted octanol–water partition coefficient (Wildman–Crippen LogP) is 2.46. The highest BCUT2D eigenvalue weighted by atomic mass is 19.4. The number of aromatic nitrogens is 2. The molecule has 0 aliphatic rings. The Kier molecular flexibility index (Phi) is 4.14. The molecule has 0 radical (unpaired) electrons. The quantitative estimate of drug-likeness (QED) is 0.941. The van der Waals surface area contributed by atoms with Crippen molar-refractivity contribution in [1.29, 1.82) is 5.26 Å². The van der Waals surface area contributed by atoms with E-state index in [0.717, 1.165) is 0 Å². The first kappa shape index (κ1) is 14.9. The van der Waals surface area contributed by atoms with Crippen molar-refractivity contribution in [2.75, 3.05) is 0 Å². The van der Waals surface area contributed by atoms with Gasteiger partial charge in [0.05, 0.1) is 18.9 Å². The predicted molar refractivity (Wildman–Crippen MR) is 65.9 cm³/mol. The van der Waals surface area contributed by atoms with Crippen LogP contribution in [0, 0.1) is 11.3 Å². The van der Waals surface area contributed by atoms with Gasteiger partial charge in [-0.1, -0.05) is 12.1 Å². The highest BCUT2D eigenvalue weighted by Crippen LogP contribution is 2.31. The lowest BCUT2D eigenvalue weighted by atomic mass is 10.1. The Morgan fingerprint density at radius 3 is 2.71 bits per heavy atom. The average Bonchev–Trinajstić information content (AvgIpc) is 2.86. The number of alkyl halides is 3. The topological polar surface area (TPSA) is 71.1 Å². The molecule has 0 atom stereocenters. The second kappa shape index (κ2) is 5.85. The fraction of sp³-hybridized carbons (Fsp3) is 0.231. The Morgan fingerprint density at radius 2 is 2.10 bits per heavy atom. The maximum Gasteiger partial charge on any atom is 0.573 e. The average molecular weight is 297 g/mol. The van der Waals surface area contributed by atoms with Gasteiger partial charge in [0.2, 0.25) is 0 Å². The third-order valence-electron chi connectivity index (χ3n) is 2.66. The lowest BCUT2D eigenvalue weighted by Gasteiger charge is -2.13. The molecule has 0 saturated heterocycles. The van der Waals surface area contributed by atoms with E-state index < -0.39 is 18.7 Å². The molecule has 0 fully saturated rings. The molecule has 2 rings (SSSR count). The molecule has 0 amide bonds. The molecule has 0 bridgehead atoms. The summed E-state index contributed by atoms with van der Waals surface area (Å²) in [4.78, 5) is 0. The molecule has 8 heteroatoms. The van der Waals surface area contributed by atoms with Crippen molar-refractivity contribution in [2.24, 2.45) is 0 Å². The number of halogens is 3. The van der Waals surface area contributed by atoms with Crippen molar-refractivity contribution in [2.45, 2.75) is 19.5 Å². The van der Waals surface area contributed by atoms with Crippen molar-refractivity contribution in [3.63, 3.8) is 0 Å². The maximum atomic E-state index is 12.3. The van der Waals surface area contributed by atoms with Gasteiger partial charge >= 0.3 is 6.36 Å². The van der Waals surface area contributed by atoms with Gasteiger partial charge in [-0.15, -0.1) is 13.2 Å². The number of ether oxygens (including phenoxy) is 1. The molecule has 1 N–H and O–H groups in total. The normalized spacial score (nSPS) is 11.2. The van der Waals surface area contributed by atoms with Crippen LogP contribution in [0.25, 0.3) is 11.1 Å². The smallest absolute Gasteiger partial charge is 0.405 e. The molecule has 1 aromatic carbocycles. The standard InChI is InChI=1S/C13H10F3N3O2/c14-13(15,16)21-12-5-9(1-2-10(12)8-20)11-6-18-19(7-11)4-3-17/h1-2,5-7,20H,4,8H2. The van der Waals surface area contributed by atoms with Crippen LogP contribution in [0.3, 0.4) is 0 Å². The van der Waals surface area contributed by atoms with E-state index in [0.29, 0.717) is 11.1 Å². The van der Waals surface area contributed by atoms with Gasteiger partial charge in [-0.05, 0) is 11.6 Å². The summed E-state index contributed by atoms with van der Waals surface area (Å²) in [6, 6.07) is 5.97. The molecule has 0 aliphatic carbocycles. The van der Waals surface area contributed by atoms with E-state index in [2.05, 4.69) is 9.84 Å². The highest BCUT2D eigenvalue weighted by Gasteiger charge is 2.32. The summed E-state index contributed by atoms with van der Waals surface area (Å²) >= 11 is 0. The number of aliphatic hydroxyl groups excluding tert-OH is 1. The number of hydrogen-bond acceptors (Lipinski definition) is 4. The third kappa shape index (κ3) is 3.73. The van der Waals surface area contributed by atoms with Crippen molar-refractivity contribution >= 4 is 0 Å². The summed E-state index contributed by atoms with van der Waals surface area (Å²) in [5, 5.41) is 21.5. The van der Waals surface area contributed by atoms with E-state index in [4.69, 9.17) is 10.4 Å². The number of aliphatic hydroxyl groups is 1. The van der Waals surface area contributed by atoms with Crippen LogP contribution in [0.4, 0.5) is 13.2 Å². The fourth-order valence-electron chi connectivity index (χ4n) is 1.76. The first-order chi connectivity index (χ1) is 9.93. The number of nitrogens with zero attached hydrogens (tertiary/aromatic N) is 3. The second-order valence-electron chi connectivity index (χ2n) is 4.11. The van der Waals surface area contributed by atoms with Gasteiger partial charge in [-0.2, -0.15) is 10.4 Å². The molecule has 0 unspecified atom stereocenters. The zero-order valence-electron chi connectivity index (χ0n) is 10.6. The largest absolute Gasteiger partial charge is 0.573 e. The zero-order valence-corrected chi connectivity index (χ0v) is 10.6. The van der Waals surface area contributed by atoms with E-state index in [-0.39, 0.29) is 12.1 Å². The molecule has 0 spiro atoms. The number of benzene rings is 1. The highest BCUT2D eigenvalue weighted by molar-refractivity contribution is 5.64. The molecule has 0 saturated carbocycles. The van der Waals surface area contributed by atoms with Crippen LogP contribution in [-0.2, 0) is 13.2 Å². The molecular formula is C13H10F3N3O2. The van der Waals surface area contributed by atoms with Crippen LogP contribution < -0.4 is 4.74 Å². The Balaban J connectivity index is 2.36. The van der Waals surface area contributed by atoms with Crippen molar-refractivity contribution in [3.8, 4) is 22.9 Å². The van der Waals surface area contributed by atoms with Gasteiger partial charge in [-0.25, -0.2) is 0 Å². The lowest BCUT2D eigenvalue weighted by molar-refractivity contribution is -0.275. The fourth-order valence-corrected chi connectivity index (χ4v) is 1.76. The summed E-state index contributed by atoms with van der Waals surface area (Å²) in [5.41, 5.74) is 1.01. The minimum Gasteiger partial charge on any atom is -0.405 e. The monoisotopic (exact) mass is 297 g/mol. The van der Waals surface area contributed by atoms with Gasteiger partial charge in [0.15, 0.2) is 0 Å². The van der Waals surface area contributed by atoms with Gasteiger partial charge in [0, 0.05) is 17.3 Å². The number of rotatable bonds is 4. The Labute approximate surface area is 117 Å². The van der Waals surface area contributed by atoms with Crippen molar-refractivity contribution in [1.82, 2.24) is 9.78 Å². The van der Waals surface area contributed by atoms with Crippen molar-refractivity contribution in [3.05, 3.63) is 36.2 Å². The molecule has 0 aliphatic heterocycles. The molecule has 1 heterocycles. The van der Waals surface area contributed by atoms with Gasteiger partial charge < -0.3 is 9.84 Å². The zero-order chi connectivity index (χ0) is 15.5. The molecule has 1 aromatic heterocycles. The molecule has 21 heavy (non-hydrogen) atoms. The van der Waals surface area contributed by atoms with Crippen LogP contribution in [-0.4, -0.2) is 21.2 Å². The minimum absolute atomic E-state index is 0.0282. The van der Waals surface area contributed by atoms with E-state index >= 15 is 0 Å². The van der Waals surface area contributed by atoms with Gasteiger partial charge in [0.1, 0.15) is 12.3 Å². The number of nitriles is 1. The summed E-state index contributed by atoms with van der Waals surface area (Å²) < 4.78 is 42.3. The first-order valence-electron chi connectivity index (χ1n) is 5.82. The van der Waals surface area contributed by atoms with Gasteiger partial charge in [-0.3, -0.25) is 4.68 Å². The Bertz CT molecular complexity index is 674. The molecule has 2 aromatic rings. The Morgan fingerprint density at radius 1 is 1.33 bits per heavy atom. The van der Waals surface area contributed by atoms with E-state index in [1.54, 1.807) is 6.07 Å². The summed E-state index contributed by atoms with van der Waals surface area (Å²) in [5.74, 6) is -0.462. The van der Waals surface area contributed by atoms with Crippen molar-refractivity contribution < 1.29 is 23.0 Å². The Hall–Kier alpha value is -2.53. The second-order valence-corrected chi connectivity index (χ2v) is 4.11. The first-order valence-corrected chi connectivity index (χ1v) is 5.82. The van der Waals surface area contributed by atoms with Crippen LogP contribution >= 0.6 is 0 Å². The number of hydrogen-bond donors (Lipinski definition) is 1. The van der Waals surface area contributed by atoms with E-state index in [9.17, 15) is 13.2 Å². The van der Waals surface area contributed by atoms with E-state index in [1.807, 2.05) is 6.07 Å². The van der Waals surface area contributed by atoms with Crippen LogP contribution in [0.5, 0.6) is 5.75 Å². The minimum atomic E-state index is -4.84. The maximum absolute atomic E-state index is 12.3. The van der Waals surface area contributed by atoms with Crippen LogP contribution in [0.15, 0.2) is 30.6 Å². The third-order valence-corrected chi connectivity index (χ3v) is 2.66. The van der Waals surface area contributed by atoms with Gasteiger partial charge in [0.25, 0.3) is 0 Å².